The van der Waals surface area contributed by atoms with Gasteiger partial charge in [0, 0.05) is 10.3 Å². The molecule has 0 saturated heterocycles. The minimum Gasteiger partial charge on any atom is -0.464 e. The summed E-state index contributed by atoms with van der Waals surface area (Å²) in [5.74, 6) is 1.04. The first-order valence-electron chi connectivity index (χ1n) is 6.10. The highest BCUT2D eigenvalue weighted by Gasteiger charge is 2.21. The van der Waals surface area contributed by atoms with Crippen LogP contribution in [0.2, 0.25) is 0 Å². The van der Waals surface area contributed by atoms with E-state index in [0.29, 0.717) is 11.6 Å². The highest BCUT2D eigenvalue weighted by Crippen LogP contribution is 2.41. The maximum atomic E-state index is 5.95. The summed E-state index contributed by atoms with van der Waals surface area (Å²) >= 11 is 1.60. The number of hydrogen-bond donors (Lipinski definition) is 1. The average Bonchev–Trinajstić information content (AvgIpc) is 3.16. The van der Waals surface area contributed by atoms with Gasteiger partial charge in [0.2, 0.25) is 0 Å². The molecule has 0 spiro atoms. The first-order valence-corrected chi connectivity index (χ1v) is 6.98. The first-order chi connectivity index (χ1) is 9.84. The summed E-state index contributed by atoms with van der Waals surface area (Å²) in [6.45, 7) is 0. The second-order valence-corrected chi connectivity index (χ2v) is 5.34. The molecule has 0 fully saturated rings. The Morgan fingerprint density at radius 1 is 1.10 bits per heavy atom. The summed E-state index contributed by atoms with van der Waals surface area (Å²) in [6.07, 6.45) is 1.68. The van der Waals surface area contributed by atoms with Crippen molar-refractivity contribution in [3.8, 4) is 21.8 Å². The average molecular weight is 282 g/mol. The SMILES string of the molecule is Nc1noc(-c2coc3ccccc23)c1-c1cccs1. The van der Waals surface area contributed by atoms with Crippen LogP contribution in [0.3, 0.4) is 0 Å². The van der Waals surface area contributed by atoms with Crippen LogP contribution in [0, 0.1) is 0 Å². The van der Waals surface area contributed by atoms with Crippen LogP contribution in [-0.4, -0.2) is 5.16 Å². The molecule has 0 aliphatic carbocycles. The Morgan fingerprint density at radius 2 is 2.00 bits per heavy atom. The van der Waals surface area contributed by atoms with Crippen molar-refractivity contribution >= 4 is 28.1 Å². The molecule has 4 aromatic rings. The van der Waals surface area contributed by atoms with Crippen molar-refractivity contribution in [3.05, 3.63) is 48.0 Å². The topological polar surface area (TPSA) is 65.2 Å². The second-order valence-electron chi connectivity index (χ2n) is 4.39. The quantitative estimate of drug-likeness (QED) is 0.592. The molecule has 3 aromatic heterocycles. The lowest BCUT2D eigenvalue weighted by atomic mass is 10.1. The molecule has 0 aliphatic heterocycles. The molecule has 20 heavy (non-hydrogen) atoms. The lowest BCUT2D eigenvalue weighted by molar-refractivity contribution is 0.435. The van der Waals surface area contributed by atoms with E-state index in [2.05, 4.69) is 5.16 Å². The summed E-state index contributed by atoms with van der Waals surface area (Å²) in [4.78, 5) is 1.03. The Hall–Kier alpha value is -2.53. The molecule has 0 saturated carbocycles. The highest BCUT2D eigenvalue weighted by molar-refractivity contribution is 7.13. The molecule has 0 atom stereocenters. The first kappa shape index (κ1) is 11.3. The summed E-state index contributed by atoms with van der Waals surface area (Å²) < 4.78 is 11.0. The summed E-state index contributed by atoms with van der Waals surface area (Å²) in [6, 6.07) is 11.8. The number of para-hydroxylation sites is 1. The highest BCUT2D eigenvalue weighted by atomic mass is 32.1. The van der Waals surface area contributed by atoms with Gasteiger partial charge in [-0.05, 0) is 17.5 Å². The van der Waals surface area contributed by atoms with E-state index in [0.717, 1.165) is 27.0 Å². The van der Waals surface area contributed by atoms with Gasteiger partial charge in [0.1, 0.15) is 11.8 Å². The molecule has 0 bridgehead atoms. The van der Waals surface area contributed by atoms with Gasteiger partial charge in [0.05, 0.1) is 11.1 Å². The Bertz CT molecular complexity index is 874. The van der Waals surface area contributed by atoms with Crippen LogP contribution >= 0.6 is 11.3 Å². The fourth-order valence-corrected chi connectivity index (χ4v) is 3.07. The molecule has 0 aliphatic rings. The van der Waals surface area contributed by atoms with Gasteiger partial charge < -0.3 is 14.7 Å². The van der Waals surface area contributed by atoms with Crippen LogP contribution < -0.4 is 5.73 Å². The van der Waals surface area contributed by atoms with Crippen molar-refractivity contribution < 1.29 is 8.94 Å². The molecule has 0 radical (unpaired) electrons. The smallest absolute Gasteiger partial charge is 0.181 e. The zero-order valence-corrected chi connectivity index (χ0v) is 11.2. The normalized spacial score (nSPS) is 11.2. The molecule has 3 heterocycles. The van der Waals surface area contributed by atoms with E-state index in [1.807, 2.05) is 41.8 Å². The summed E-state index contributed by atoms with van der Waals surface area (Å²) in [5.41, 5.74) is 8.46. The van der Waals surface area contributed by atoms with Gasteiger partial charge in [0.25, 0.3) is 0 Å². The number of nitrogens with two attached hydrogens (primary N) is 1. The van der Waals surface area contributed by atoms with Gasteiger partial charge in [-0.15, -0.1) is 11.3 Å². The van der Waals surface area contributed by atoms with Gasteiger partial charge in [0.15, 0.2) is 11.6 Å². The van der Waals surface area contributed by atoms with Gasteiger partial charge in [-0.2, -0.15) is 0 Å². The van der Waals surface area contributed by atoms with Gasteiger partial charge in [-0.25, -0.2) is 0 Å². The number of rotatable bonds is 2. The van der Waals surface area contributed by atoms with Gasteiger partial charge in [-0.1, -0.05) is 29.4 Å². The number of hydrogen-bond acceptors (Lipinski definition) is 5. The van der Waals surface area contributed by atoms with Crippen LogP contribution in [0.5, 0.6) is 0 Å². The van der Waals surface area contributed by atoms with Crippen LogP contribution in [0.1, 0.15) is 0 Å². The van der Waals surface area contributed by atoms with E-state index >= 15 is 0 Å². The predicted molar refractivity (Wildman–Crippen MR) is 79.4 cm³/mol. The lowest BCUT2D eigenvalue weighted by Gasteiger charge is -1.97. The third kappa shape index (κ3) is 1.57. The van der Waals surface area contributed by atoms with Crippen LogP contribution in [0.15, 0.2) is 57.0 Å². The van der Waals surface area contributed by atoms with Crippen molar-refractivity contribution in [2.24, 2.45) is 0 Å². The summed E-state index contributed by atoms with van der Waals surface area (Å²) in [7, 11) is 0. The van der Waals surface area contributed by atoms with E-state index in [1.165, 1.54) is 0 Å². The number of fused-ring (bicyclic) bond motifs is 1. The van der Waals surface area contributed by atoms with E-state index in [-0.39, 0.29) is 0 Å². The monoisotopic (exact) mass is 282 g/mol. The predicted octanol–water partition coefficient (Wildman–Crippen LogP) is 4.40. The number of anilines is 1. The lowest BCUT2D eigenvalue weighted by Crippen LogP contribution is -1.86. The molecule has 0 amide bonds. The fourth-order valence-electron chi connectivity index (χ4n) is 2.30. The molecule has 2 N–H and O–H groups in total. The Kier molecular flexibility index (Phi) is 2.40. The second kappa shape index (κ2) is 4.25. The minimum absolute atomic E-state index is 0.396. The van der Waals surface area contributed by atoms with E-state index < -0.39 is 0 Å². The van der Waals surface area contributed by atoms with Crippen molar-refractivity contribution in [2.45, 2.75) is 0 Å². The third-order valence-corrected chi connectivity index (χ3v) is 4.10. The van der Waals surface area contributed by atoms with Crippen LogP contribution in [0.4, 0.5) is 5.82 Å². The van der Waals surface area contributed by atoms with E-state index in [1.54, 1.807) is 17.6 Å². The van der Waals surface area contributed by atoms with Crippen molar-refractivity contribution in [1.82, 2.24) is 5.16 Å². The molecule has 1 aromatic carbocycles. The number of aromatic nitrogens is 1. The zero-order chi connectivity index (χ0) is 13.5. The number of nitrogen functional groups attached to an aromatic ring is 1. The molecule has 4 rings (SSSR count). The minimum atomic E-state index is 0.396. The molecule has 4 nitrogen and oxygen atoms in total. The third-order valence-electron chi connectivity index (χ3n) is 3.21. The molecular weight excluding hydrogens is 272 g/mol. The largest absolute Gasteiger partial charge is 0.464 e. The van der Waals surface area contributed by atoms with Crippen molar-refractivity contribution in [1.29, 1.82) is 0 Å². The Labute approximate surface area is 118 Å². The van der Waals surface area contributed by atoms with E-state index in [9.17, 15) is 0 Å². The van der Waals surface area contributed by atoms with Crippen LogP contribution in [0.25, 0.3) is 32.7 Å². The maximum Gasteiger partial charge on any atom is 0.181 e. The molecule has 5 heteroatoms. The number of nitrogens with zero attached hydrogens (tertiary/aromatic N) is 1. The zero-order valence-electron chi connectivity index (χ0n) is 10.4. The van der Waals surface area contributed by atoms with Gasteiger partial charge in [-0.3, -0.25) is 0 Å². The number of benzene rings is 1. The van der Waals surface area contributed by atoms with Gasteiger partial charge >= 0.3 is 0 Å². The number of furan rings is 1. The molecular formula is C15H10N2O2S. The van der Waals surface area contributed by atoms with E-state index in [4.69, 9.17) is 14.7 Å². The fraction of sp³-hybridized carbons (Fsp3) is 0. The standard InChI is InChI=1S/C15H10N2O2S/c16-15-13(12-6-3-7-20-12)14(19-17-15)10-8-18-11-5-2-1-4-9(10)11/h1-8H,(H2,16,17). The van der Waals surface area contributed by atoms with Crippen molar-refractivity contribution in [3.63, 3.8) is 0 Å². The summed E-state index contributed by atoms with van der Waals surface area (Å²) in [5, 5.41) is 6.89. The number of thiophene rings is 1. The molecule has 0 unspecified atom stereocenters. The van der Waals surface area contributed by atoms with Crippen LogP contribution in [-0.2, 0) is 0 Å². The Morgan fingerprint density at radius 3 is 2.85 bits per heavy atom. The molecule has 98 valence electrons. The Balaban J connectivity index is 2.00. The van der Waals surface area contributed by atoms with Crippen molar-refractivity contribution in [2.75, 3.05) is 5.73 Å². The maximum absolute atomic E-state index is 5.95.